The van der Waals surface area contributed by atoms with Crippen molar-refractivity contribution in [3.63, 3.8) is 0 Å². The second kappa shape index (κ2) is 10.3. The molecule has 0 atom stereocenters. The lowest BCUT2D eigenvalue weighted by atomic mass is 10.2. The molecule has 1 N–H and O–H groups in total. The van der Waals surface area contributed by atoms with E-state index in [0.717, 1.165) is 23.8 Å². The summed E-state index contributed by atoms with van der Waals surface area (Å²) in [5.74, 6) is 0.326. The molecule has 2 heterocycles. The molecule has 0 saturated carbocycles. The molecule has 2 aromatic carbocycles. The molecule has 166 valence electrons. The molecule has 7 nitrogen and oxygen atoms in total. The summed E-state index contributed by atoms with van der Waals surface area (Å²) in [5.41, 5.74) is 2.54. The zero-order valence-corrected chi connectivity index (χ0v) is 18.8. The normalized spacial score (nSPS) is 13.7. The Morgan fingerprint density at radius 3 is 2.41 bits per heavy atom. The molecule has 3 aromatic rings. The third kappa shape index (κ3) is 5.64. The lowest BCUT2D eigenvalue weighted by Crippen LogP contribution is -2.51. The number of aromatic nitrogens is 1. The summed E-state index contributed by atoms with van der Waals surface area (Å²) < 4.78 is 5.71. The van der Waals surface area contributed by atoms with Crippen molar-refractivity contribution in [1.82, 2.24) is 15.2 Å². The number of carbonyl (C=O) groups is 2. The number of amides is 2. The van der Waals surface area contributed by atoms with Gasteiger partial charge in [-0.05, 0) is 43.3 Å². The van der Waals surface area contributed by atoms with Crippen LogP contribution in [0.5, 0.6) is 5.75 Å². The van der Waals surface area contributed by atoms with E-state index in [1.165, 1.54) is 5.69 Å². The highest BCUT2D eigenvalue weighted by atomic mass is 32.1. The Morgan fingerprint density at radius 1 is 1.03 bits per heavy atom. The van der Waals surface area contributed by atoms with Crippen molar-refractivity contribution < 1.29 is 14.3 Å². The van der Waals surface area contributed by atoms with Gasteiger partial charge < -0.3 is 19.9 Å². The quantitative estimate of drug-likeness (QED) is 0.599. The first-order valence-corrected chi connectivity index (χ1v) is 11.5. The fourth-order valence-electron chi connectivity index (χ4n) is 3.56. The number of nitrogens with one attached hydrogen (secondary N) is 1. The molecule has 0 spiro atoms. The minimum absolute atomic E-state index is 0.00833. The van der Waals surface area contributed by atoms with E-state index in [1.54, 1.807) is 40.5 Å². The molecular formula is C24H26N4O3S. The van der Waals surface area contributed by atoms with Gasteiger partial charge in [0, 0.05) is 42.8 Å². The molecule has 0 radical (unpaired) electrons. The summed E-state index contributed by atoms with van der Waals surface area (Å²) in [6.07, 6.45) is 0. The van der Waals surface area contributed by atoms with Crippen molar-refractivity contribution >= 4 is 28.8 Å². The van der Waals surface area contributed by atoms with E-state index in [4.69, 9.17) is 4.74 Å². The van der Waals surface area contributed by atoms with Crippen molar-refractivity contribution in [3.05, 3.63) is 76.2 Å². The summed E-state index contributed by atoms with van der Waals surface area (Å²) in [7, 11) is 0. The minimum Gasteiger partial charge on any atom is -0.487 e. The largest absolute Gasteiger partial charge is 0.487 e. The fraction of sp³-hybridized carbons (Fsp3) is 0.292. The maximum absolute atomic E-state index is 12.5. The standard InChI is InChI=1S/C24H26N4O3S/c1-18-26-20(17-32-18)16-31-22-9-7-19(8-10-22)24(30)25-15-23(29)28-13-11-27(12-14-28)21-5-3-2-4-6-21/h2-10,17H,11-16H2,1H3,(H,25,30). The van der Waals surface area contributed by atoms with Crippen molar-refractivity contribution in [2.45, 2.75) is 13.5 Å². The number of anilines is 1. The summed E-state index contributed by atoms with van der Waals surface area (Å²) in [5, 5.41) is 5.70. The monoisotopic (exact) mass is 450 g/mol. The average molecular weight is 451 g/mol. The van der Waals surface area contributed by atoms with Crippen LogP contribution in [0.4, 0.5) is 5.69 Å². The number of aryl methyl sites for hydroxylation is 1. The fourth-order valence-corrected chi connectivity index (χ4v) is 4.15. The van der Waals surface area contributed by atoms with Crippen LogP contribution in [0.15, 0.2) is 60.0 Å². The van der Waals surface area contributed by atoms with Gasteiger partial charge in [0.15, 0.2) is 0 Å². The maximum atomic E-state index is 12.5. The molecule has 1 saturated heterocycles. The van der Waals surface area contributed by atoms with Crippen LogP contribution in [0, 0.1) is 6.92 Å². The number of para-hydroxylation sites is 1. The van der Waals surface area contributed by atoms with Gasteiger partial charge in [0.25, 0.3) is 5.91 Å². The lowest BCUT2D eigenvalue weighted by molar-refractivity contribution is -0.130. The first-order valence-electron chi connectivity index (χ1n) is 10.6. The van der Waals surface area contributed by atoms with Crippen LogP contribution in [-0.2, 0) is 11.4 Å². The molecule has 4 rings (SSSR count). The first kappa shape index (κ1) is 21.8. The highest BCUT2D eigenvalue weighted by Crippen LogP contribution is 2.17. The highest BCUT2D eigenvalue weighted by molar-refractivity contribution is 7.09. The number of benzene rings is 2. The van der Waals surface area contributed by atoms with Crippen LogP contribution < -0.4 is 15.0 Å². The van der Waals surface area contributed by atoms with Gasteiger partial charge in [-0.1, -0.05) is 18.2 Å². The number of carbonyl (C=O) groups excluding carboxylic acids is 2. The van der Waals surface area contributed by atoms with Crippen LogP contribution in [0.25, 0.3) is 0 Å². The number of rotatable bonds is 7. The van der Waals surface area contributed by atoms with Gasteiger partial charge in [0.2, 0.25) is 5.91 Å². The smallest absolute Gasteiger partial charge is 0.251 e. The van der Waals surface area contributed by atoms with Gasteiger partial charge in [0.05, 0.1) is 17.2 Å². The van der Waals surface area contributed by atoms with Gasteiger partial charge >= 0.3 is 0 Å². The molecular weight excluding hydrogens is 424 g/mol. The zero-order valence-electron chi connectivity index (χ0n) is 18.0. The second-order valence-corrected chi connectivity index (χ2v) is 8.62. The van der Waals surface area contributed by atoms with E-state index < -0.39 is 0 Å². The molecule has 1 aromatic heterocycles. The van der Waals surface area contributed by atoms with Gasteiger partial charge in [-0.2, -0.15) is 0 Å². The van der Waals surface area contributed by atoms with Gasteiger partial charge in [-0.3, -0.25) is 9.59 Å². The van der Waals surface area contributed by atoms with Gasteiger partial charge in [-0.15, -0.1) is 11.3 Å². The van der Waals surface area contributed by atoms with E-state index in [2.05, 4.69) is 27.3 Å². The molecule has 1 aliphatic heterocycles. The van der Waals surface area contributed by atoms with Crippen LogP contribution in [0.2, 0.25) is 0 Å². The third-order valence-electron chi connectivity index (χ3n) is 5.32. The number of nitrogens with zero attached hydrogens (tertiary/aromatic N) is 3. The zero-order chi connectivity index (χ0) is 22.3. The van der Waals surface area contributed by atoms with Crippen LogP contribution in [0.3, 0.4) is 0 Å². The molecule has 0 bridgehead atoms. The molecule has 2 amide bonds. The molecule has 0 aliphatic carbocycles. The van der Waals surface area contributed by atoms with E-state index in [0.29, 0.717) is 31.0 Å². The Hall–Kier alpha value is -3.39. The maximum Gasteiger partial charge on any atom is 0.251 e. The van der Waals surface area contributed by atoms with E-state index in [9.17, 15) is 9.59 Å². The summed E-state index contributed by atoms with van der Waals surface area (Å²) in [6.45, 7) is 5.20. The molecule has 1 aliphatic rings. The van der Waals surface area contributed by atoms with Crippen molar-refractivity contribution in [2.75, 3.05) is 37.6 Å². The lowest BCUT2D eigenvalue weighted by Gasteiger charge is -2.36. The Balaban J connectivity index is 1.21. The number of ether oxygens (including phenoxy) is 1. The number of piperazine rings is 1. The summed E-state index contributed by atoms with van der Waals surface area (Å²) >= 11 is 1.59. The van der Waals surface area contributed by atoms with Crippen LogP contribution in [-0.4, -0.2) is 54.4 Å². The average Bonchev–Trinajstić information content (AvgIpc) is 3.27. The number of thiazole rings is 1. The SMILES string of the molecule is Cc1nc(COc2ccc(C(=O)NCC(=O)N3CCN(c4ccccc4)CC3)cc2)cs1. The predicted molar refractivity (Wildman–Crippen MR) is 125 cm³/mol. The highest BCUT2D eigenvalue weighted by Gasteiger charge is 2.21. The van der Waals surface area contributed by atoms with Crippen LogP contribution in [0.1, 0.15) is 21.1 Å². The second-order valence-electron chi connectivity index (χ2n) is 7.56. The molecule has 1 fully saturated rings. The summed E-state index contributed by atoms with van der Waals surface area (Å²) in [6, 6.07) is 17.1. The predicted octanol–water partition coefficient (Wildman–Crippen LogP) is 3.11. The van der Waals surface area contributed by atoms with Gasteiger partial charge in [-0.25, -0.2) is 4.98 Å². The Labute approximate surface area is 191 Å². The first-order chi connectivity index (χ1) is 15.6. The van der Waals surface area contributed by atoms with Crippen molar-refractivity contribution in [2.24, 2.45) is 0 Å². The number of hydrogen-bond acceptors (Lipinski definition) is 6. The topological polar surface area (TPSA) is 74.8 Å². The summed E-state index contributed by atoms with van der Waals surface area (Å²) in [4.78, 5) is 33.4. The molecule has 32 heavy (non-hydrogen) atoms. The molecule has 8 heteroatoms. The third-order valence-corrected chi connectivity index (χ3v) is 6.15. The van der Waals surface area contributed by atoms with Crippen molar-refractivity contribution in [1.29, 1.82) is 0 Å². The van der Waals surface area contributed by atoms with E-state index in [-0.39, 0.29) is 18.4 Å². The minimum atomic E-state index is -0.275. The van der Waals surface area contributed by atoms with E-state index in [1.807, 2.05) is 30.5 Å². The van der Waals surface area contributed by atoms with E-state index >= 15 is 0 Å². The Bertz CT molecular complexity index is 1040. The molecule has 0 unspecified atom stereocenters. The van der Waals surface area contributed by atoms with Crippen LogP contribution >= 0.6 is 11.3 Å². The Morgan fingerprint density at radius 2 is 1.75 bits per heavy atom. The number of hydrogen-bond donors (Lipinski definition) is 1. The van der Waals surface area contributed by atoms with Gasteiger partial charge in [0.1, 0.15) is 12.4 Å². The van der Waals surface area contributed by atoms with Crippen molar-refractivity contribution in [3.8, 4) is 5.75 Å². The Kier molecular flexibility index (Phi) is 7.01.